The monoisotopic (exact) mass is 384 g/mol. The summed E-state index contributed by atoms with van der Waals surface area (Å²) in [4.78, 5) is 11.9. The van der Waals surface area contributed by atoms with Crippen molar-refractivity contribution in [2.45, 2.75) is 0 Å². The van der Waals surface area contributed by atoms with Crippen molar-refractivity contribution in [3.05, 3.63) is 68.3 Å². The molecule has 1 amide bonds. The van der Waals surface area contributed by atoms with Gasteiger partial charge in [0.15, 0.2) is 0 Å². The van der Waals surface area contributed by atoms with Gasteiger partial charge in [-0.1, -0.05) is 35.9 Å². The van der Waals surface area contributed by atoms with E-state index in [-0.39, 0.29) is 5.91 Å². The summed E-state index contributed by atoms with van der Waals surface area (Å²) in [5.74, 6) is -0.227. The molecule has 0 heterocycles. The van der Waals surface area contributed by atoms with Crippen molar-refractivity contribution < 1.29 is 4.79 Å². The molecule has 2 aromatic rings. The third-order valence-corrected chi connectivity index (χ3v) is 3.56. The van der Waals surface area contributed by atoms with Crippen LogP contribution in [0.25, 0.3) is 0 Å². The molecule has 0 atom stereocenters. The van der Waals surface area contributed by atoms with Crippen LogP contribution in [-0.4, -0.2) is 12.1 Å². The Kier molecular flexibility index (Phi) is 4.93. The average molecular weight is 385 g/mol. The summed E-state index contributed by atoms with van der Waals surface area (Å²) in [6, 6.07) is 14.5. The molecule has 5 heteroatoms. The van der Waals surface area contributed by atoms with Crippen LogP contribution in [-0.2, 0) is 0 Å². The molecule has 0 bridgehead atoms. The minimum atomic E-state index is -0.227. The summed E-state index contributed by atoms with van der Waals surface area (Å²) < 4.78 is 0.888. The van der Waals surface area contributed by atoms with E-state index in [0.717, 1.165) is 9.13 Å². The molecule has 0 aliphatic carbocycles. The molecule has 3 nitrogen and oxygen atoms in total. The Bertz CT molecular complexity index is 611. The summed E-state index contributed by atoms with van der Waals surface area (Å²) in [6.07, 6.45) is 1.57. The van der Waals surface area contributed by atoms with E-state index >= 15 is 0 Å². The number of hydrogen-bond donors (Lipinski definition) is 1. The highest BCUT2D eigenvalue weighted by Gasteiger charge is 2.07. The Morgan fingerprint density at radius 2 is 1.84 bits per heavy atom. The van der Waals surface area contributed by atoms with Gasteiger partial charge >= 0.3 is 0 Å². The van der Waals surface area contributed by atoms with E-state index in [9.17, 15) is 4.79 Å². The molecule has 0 saturated heterocycles. The van der Waals surface area contributed by atoms with E-state index in [1.54, 1.807) is 24.4 Å². The third kappa shape index (κ3) is 4.04. The first kappa shape index (κ1) is 14.0. The molecule has 0 spiro atoms. The number of nitrogens with one attached hydrogen (secondary N) is 1. The van der Waals surface area contributed by atoms with Gasteiger partial charge in [-0.05, 0) is 52.4 Å². The van der Waals surface area contributed by atoms with Crippen LogP contribution in [0.15, 0.2) is 53.6 Å². The smallest absolute Gasteiger partial charge is 0.267 e. The molecular weight excluding hydrogens is 375 g/mol. The van der Waals surface area contributed by atoms with E-state index in [1.165, 1.54) is 0 Å². The van der Waals surface area contributed by atoms with Gasteiger partial charge < -0.3 is 0 Å². The fraction of sp³-hybridized carbons (Fsp3) is 0. The highest BCUT2D eigenvalue weighted by Crippen LogP contribution is 2.11. The molecule has 2 rings (SSSR count). The fourth-order valence-corrected chi connectivity index (χ4v) is 2.18. The van der Waals surface area contributed by atoms with Crippen molar-refractivity contribution in [1.29, 1.82) is 0 Å². The summed E-state index contributed by atoms with van der Waals surface area (Å²) in [6.45, 7) is 0. The normalized spacial score (nSPS) is 10.6. The molecule has 0 aromatic heterocycles. The van der Waals surface area contributed by atoms with Crippen LogP contribution >= 0.6 is 34.2 Å². The van der Waals surface area contributed by atoms with E-state index in [0.29, 0.717) is 10.6 Å². The minimum absolute atomic E-state index is 0.227. The Morgan fingerprint density at radius 1 is 1.16 bits per heavy atom. The van der Waals surface area contributed by atoms with Crippen molar-refractivity contribution in [1.82, 2.24) is 5.43 Å². The number of benzene rings is 2. The molecule has 0 aliphatic rings. The van der Waals surface area contributed by atoms with Gasteiger partial charge in [0.25, 0.3) is 5.91 Å². The standard InChI is InChI=1S/C14H10ClIN2O/c15-11-7-5-10(6-8-11)9-17-18-14(19)12-3-1-2-4-13(12)16/h1-9H,(H,18,19)/b17-9+. The van der Waals surface area contributed by atoms with Crippen LogP contribution in [0.2, 0.25) is 5.02 Å². The SMILES string of the molecule is O=C(N/N=C/c1ccc(Cl)cc1)c1ccccc1I. The lowest BCUT2D eigenvalue weighted by molar-refractivity contribution is 0.0954. The van der Waals surface area contributed by atoms with E-state index in [4.69, 9.17) is 11.6 Å². The van der Waals surface area contributed by atoms with Crippen LogP contribution in [0.5, 0.6) is 0 Å². The van der Waals surface area contributed by atoms with E-state index in [1.807, 2.05) is 30.3 Å². The van der Waals surface area contributed by atoms with Gasteiger partial charge in [0.2, 0.25) is 0 Å². The first-order valence-corrected chi connectivity index (χ1v) is 6.96. The molecule has 19 heavy (non-hydrogen) atoms. The first-order valence-electron chi connectivity index (χ1n) is 5.50. The number of hydrazone groups is 1. The highest BCUT2D eigenvalue weighted by molar-refractivity contribution is 14.1. The average Bonchev–Trinajstić information content (AvgIpc) is 2.41. The van der Waals surface area contributed by atoms with E-state index in [2.05, 4.69) is 33.1 Å². The molecule has 0 fully saturated rings. The van der Waals surface area contributed by atoms with Crippen molar-refractivity contribution in [2.75, 3.05) is 0 Å². The largest absolute Gasteiger partial charge is 0.272 e. The van der Waals surface area contributed by atoms with Gasteiger partial charge in [-0.2, -0.15) is 5.10 Å². The number of carbonyl (C=O) groups is 1. The minimum Gasteiger partial charge on any atom is -0.267 e. The number of hydrogen-bond acceptors (Lipinski definition) is 2. The predicted octanol–water partition coefficient (Wildman–Crippen LogP) is 3.71. The number of amides is 1. The molecule has 0 aliphatic heterocycles. The van der Waals surface area contributed by atoms with Crippen molar-refractivity contribution >= 4 is 46.3 Å². The van der Waals surface area contributed by atoms with Crippen LogP contribution < -0.4 is 5.43 Å². The quantitative estimate of drug-likeness (QED) is 0.489. The maximum absolute atomic E-state index is 11.9. The van der Waals surface area contributed by atoms with E-state index < -0.39 is 0 Å². The highest BCUT2D eigenvalue weighted by atomic mass is 127. The second-order valence-electron chi connectivity index (χ2n) is 3.73. The van der Waals surface area contributed by atoms with Gasteiger partial charge in [0.05, 0.1) is 11.8 Å². The molecule has 96 valence electrons. The van der Waals surface area contributed by atoms with Crippen molar-refractivity contribution in [3.63, 3.8) is 0 Å². The molecule has 1 N–H and O–H groups in total. The van der Waals surface area contributed by atoms with Crippen LogP contribution in [0.4, 0.5) is 0 Å². The summed E-state index contributed by atoms with van der Waals surface area (Å²) in [5.41, 5.74) is 3.97. The van der Waals surface area contributed by atoms with Gasteiger partial charge in [-0.15, -0.1) is 0 Å². The zero-order valence-electron chi connectivity index (χ0n) is 9.81. The Balaban J connectivity index is 2.01. The Hall–Kier alpha value is -1.40. The number of carbonyl (C=O) groups excluding carboxylic acids is 1. The number of nitrogens with zero attached hydrogens (tertiary/aromatic N) is 1. The Labute approximate surface area is 129 Å². The molecule has 0 saturated carbocycles. The summed E-state index contributed by atoms with van der Waals surface area (Å²) >= 11 is 7.89. The second-order valence-corrected chi connectivity index (χ2v) is 5.33. The maximum Gasteiger partial charge on any atom is 0.272 e. The predicted molar refractivity (Wildman–Crippen MR) is 85.7 cm³/mol. The number of halogens is 2. The second kappa shape index (κ2) is 6.68. The zero-order valence-corrected chi connectivity index (χ0v) is 12.7. The first-order chi connectivity index (χ1) is 9.16. The molecule has 2 aromatic carbocycles. The molecular formula is C14H10ClIN2O. The van der Waals surface area contributed by atoms with Gasteiger partial charge in [-0.25, -0.2) is 5.43 Å². The molecule has 0 radical (unpaired) electrons. The van der Waals surface area contributed by atoms with Crippen LogP contribution in [0, 0.1) is 3.57 Å². The van der Waals surface area contributed by atoms with Gasteiger partial charge in [0, 0.05) is 8.59 Å². The Morgan fingerprint density at radius 3 is 2.53 bits per heavy atom. The summed E-state index contributed by atoms with van der Waals surface area (Å²) in [5, 5.41) is 4.58. The number of rotatable bonds is 3. The van der Waals surface area contributed by atoms with Gasteiger partial charge in [0.1, 0.15) is 0 Å². The van der Waals surface area contributed by atoms with Crippen molar-refractivity contribution in [2.24, 2.45) is 5.10 Å². The lowest BCUT2D eigenvalue weighted by Gasteiger charge is -2.01. The molecule has 0 unspecified atom stereocenters. The zero-order chi connectivity index (χ0) is 13.7. The summed E-state index contributed by atoms with van der Waals surface area (Å²) in [7, 11) is 0. The maximum atomic E-state index is 11.9. The van der Waals surface area contributed by atoms with Crippen LogP contribution in [0.3, 0.4) is 0 Å². The lowest BCUT2D eigenvalue weighted by atomic mass is 10.2. The topological polar surface area (TPSA) is 41.5 Å². The third-order valence-electron chi connectivity index (χ3n) is 2.37. The lowest BCUT2D eigenvalue weighted by Crippen LogP contribution is -2.18. The van der Waals surface area contributed by atoms with Crippen LogP contribution in [0.1, 0.15) is 15.9 Å². The van der Waals surface area contributed by atoms with Gasteiger partial charge in [-0.3, -0.25) is 4.79 Å². The van der Waals surface area contributed by atoms with Crippen molar-refractivity contribution in [3.8, 4) is 0 Å². The fourth-order valence-electron chi connectivity index (χ4n) is 1.42.